The van der Waals surface area contributed by atoms with Crippen LogP contribution < -0.4 is 5.32 Å². The standard InChI is InChI=1S/C12H27NO/c1-6-12(10(4)5)13-11(8-14)7-9(2)3/h9-14H,6-8H2,1-5H3/t11-,12-/m1/s1. The summed E-state index contributed by atoms with van der Waals surface area (Å²) >= 11 is 0. The maximum Gasteiger partial charge on any atom is 0.0584 e. The third-order valence-electron chi connectivity index (χ3n) is 2.67. The van der Waals surface area contributed by atoms with Gasteiger partial charge in [-0.05, 0) is 24.7 Å². The van der Waals surface area contributed by atoms with Crippen molar-refractivity contribution in [2.24, 2.45) is 11.8 Å². The molecule has 0 aliphatic carbocycles. The van der Waals surface area contributed by atoms with Crippen molar-refractivity contribution >= 4 is 0 Å². The van der Waals surface area contributed by atoms with Gasteiger partial charge in [0.2, 0.25) is 0 Å². The van der Waals surface area contributed by atoms with E-state index in [2.05, 4.69) is 39.9 Å². The number of rotatable bonds is 7. The molecule has 0 amide bonds. The number of hydrogen-bond donors (Lipinski definition) is 2. The van der Waals surface area contributed by atoms with Gasteiger partial charge in [-0.2, -0.15) is 0 Å². The second-order valence-corrected chi connectivity index (χ2v) is 4.93. The summed E-state index contributed by atoms with van der Waals surface area (Å²) in [6.07, 6.45) is 2.19. The Labute approximate surface area is 89.1 Å². The molecule has 0 rings (SSSR count). The van der Waals surface area contributed by atoms with Gasteiger partial charge in [0.05, 0.1) is 6.61 Å². The van der Waals surface area contributed by atoms with Crippen molar-refractivity contribution in [2.75, 3.05) is 6.61 Å². The van der Waals surface area contributed by atoms with Gasteiger partial charge in [-0.3, -0.25) is 0 Å². The van der Waals surface area contributed by atoms with Gasteiger partial charge in [-0.25, -0.2) is 0 Å². The van der Waals surface area contributed by atoms with Crippen LogP contribution >= 0.6 is 0 Å². The Kier molecular flexibility index (Phi) is 7.20. The maximum absolute atomic E-state index is 9.24. The Bertz CT molecular complexity index is 134. The molecule has 2 nitrogen and oxygen atoms in total. The van der Waals surface area contributed by atoms with E-state index >= 15 is 0 Å². The Morgan fingerprint density at radius 2 is 1.71 bits per heavy atom. The molecular formula is C12H27NO. The first-order valence-electron chi connectivity index (χ1n) is 5.88. The van der Waals surface area contributed by atoms with E-state index in [1.807, 2.05) is 0 Å². The molecule has 0 aromatic heterocycles. The molecule has 0 saturated heterocycles. The van der Waals surface area contributed by atoms with E-state index in [1.165, 1.54) is 0 Å². The molecule has 0 aromatic carbocycles. The zero-order valence-electron chi connectivity index (χ0n) is 10.4. The molecule has 0 bridgehead atoms. The fraction of sp³-hybridized carbons (Fsp3) is 1.00. The van der Waals surface area contributed by atoms with E-state index in [1.54, 1.807) is 0 Å². The summed E-state index contributed by atoms with van der Waals surface area (Å²) in [4.78, 5) is 0. The van der Waals surface area contributed by atoms with E-state index in [0.29, 0.717) is 17.9 Å². The SMILES string of the molecule is CC[C@@H](N[C@@H](CO)CC(C)C)C(C)C. The smallest absolute Gasteiger partial charge is 0.0584 e. The van der Waals surface area contributed by atoms with Gasteiger partial charge in [0, 0.05) is 12.1 Å². The van der Waals surface area contributed by atoms with Gasteiger partial charge < -0.3 is 10.4 Å². The van der Waals surface area contributed by atoms with Crippen LogP contribution in [0.15, 0.2) is 0 Å². The van der Waals surface area contributed by atoms with Crippen LogP contribution in [0.5, 0.6) is 0 Å². The minimum Gasteiger partial charge on any atom is -0.395 e. The molecule has 2 heteroatoms. The van der Waals surface area contributed by atoms with Crippen molar-refractivity contribution in [1.82, 2.24) is 5.32 Å². The van der Waals surface area contributed by atoms with E-state index in [0.717, 1.165) is 12.8 Å². The lowest BCUT2D eigenvalue weighted by Crippen LogP contribution is -2.43. The summed E-state index contributed by atoms with van der Waals surface area (Å²) in [5.74, 6) is 1.28. The average molecular weight is 201 g/mol. The van der Waals surface area contributed by atoms with Crippen LogP contribution in [0.3, 0.4) is 0 Å². The van der Waals surface area contributed by atoms with Gasteiger partial charge in [-0.15, -0.1) is 0 Å². The highest BCUT2D eigenvalue weighted by atomic mass is 16.3. The van der Waals surface area contributed by atoms with Crippen LogP contribution in [0, 0.1) is 11.8 Å². The summed E-state index contributed by atoms with van der Waals surface area (Å²) < 4.78 is 0. The van der Waals surface area contributed by atoms with Crippen molar-refractivity contribution in [2.45, 2.75) is 59.5 Å². The summed E-state index contributed by atoms with van der Waals surface area (Å²) in [5, 5.41) is 12.8. The van der Waals surface area contributed by atoms with Crippen molar-refractivity contribution in [3.8, 4) is 0 Å². The second kappa shape index (κ2) is 7.24. The third-order valence-corrected chi connectivity index (χ3v) is 2.67. The van der Waals surface area contributed by atoms with Gasteiger partial charge >= 0.3 is 0 Å². The Morgan fingerprint density at radius 3 is 2.00 bits per heavy atom. The molecule has 2 N–H and O–H groups in total. The molecule has 0 radical (unpaired) electrons. The molecule has 14 heavy (non-hydrogen) atoms. The number of aliphatic hydroxyl groups excluding tert-OH is 1. The molecular weight excluding hydrogens is 174 g/mol. The van der Waals surface area contributed by atoms with Gasteiger partial charge in [0.1, 0.15) is 0 Å². The Balaban J connectivity index is 4.00. The van der Waals surface area contributed by atoms with Crippen molar-refractivity contribution in [1.29, 1.82) is 0 Å². The largest absolute Gasteiger partial charge is 0.395 e. The van der Waals surface area contributed by atoms with E-state index < -0.39 is 0 Å². The molecule has 2 atom stereocenters. The monoisotopic (exact) mass is 201 g/mol. The highest BCUT2D eigenvalue weighted by Crippen LogP contribution is 2.10. The van der Waals surface area contributed by atoms with E-state index in [9.17, 15) is 5.11 Å². The molecule has 0 unspecified atom stereocenters. The maximum atomic E-state index is 9.24. The van der Waals surface area contributed by atoms with Crippen LogP contribution in [0.4, 0.5) is 0 Å². The van der Waals surface area contributed by atoms with Crippen molar-refractivity contribution in [3.63, 3.8) is 0 Å². The first-order chi connectivity index (χ1) is 6.51. The van der Waals surface area contributed by atoms with Crippen molar-refractivity contribution < 1.29 is 5.11 Å². The summed E-state index contributed by atoms with van der Waals surface area (Å²) in [6.45, 7) is 11.3. The molecule has 86 valence electrons. The topological polar surface area (TPSA) is 32.3 Å². The van der Waals surface area contributed by atoms with Gasteiger partial charge in [0.15, 0.2) is 0 Å². The molecule has 0 aromatic rings. The molecule has 0 spiro atoms. The van der Waals surface area contributed by atoms with Crippen LogP contribution in [0.2, 0.25) is 0 Å². The number of nitrogens with one attached hydrogen (secondary N) is 1. The van der Waals surface area contributed by atoms with Gasteiger partial charge in [-0.1, -0.05) is 34.6 Å². The highest BCUT2D eigenvalue weighted by Gasteiger charge is 2.16. The van der Waals surface area contributed by atoms with E-state index in [-0.39, 0.29) is 12.6 Å². The number of aliphatic hydroxyl groups is 1. The third kappa shape index (κ3) is 5.61. The molecule has 0 aliphatic rings. The summed E-state index contributed by atoms with van der Waals surface area (Å²) in [5.41, 5.74) is 0. The fourth-order valence-electron chi connectivity index (χ4n) is 1.85. The second-order valence-electron chi connectivity index (χ2n) is 4.93. The lowest BCUT2D eigenvalue weighted by atomic mass is 9.98. The van der Waals surface area contributed by atoms with Crippen LogP contribution in [0.25, 0.3) is 0 Å². The lowest BCUT2D eigenvalue weighted by Gasteiger charge is -2.27. The molecule has 0 saturated carbocycles. The predicted molar refractivity (Wildman–Crippen MR) is 62.4 cm³/mol. The first kappa shape index (κ1) is 13.9. The summed E-state index contributed by atoms with van der Waals surface area (Å²) in [7, 11) is 0. The Hall–Kier alpha value is -0.0800. The molecule has 0 heterocycles. The molecule has 0 fully saturated rings. The zero-order chi connectivity index (χ0) is 11.1. The van der Waals surface area contributed by atoms with Crippen LogP contribution in [-0.4, -0.2) is 23.8 Å². The van der Waals surface area contributed by atoms with Crippen LogP contribution in [0.1, 0.15) is 47.5 Å². The quantitative estimate of drug-likeness (QED) is 0.663. The lowest BCUT2D eigenvalue weighted by molar-refractivity contribution is 0.200. The minimum atomic E-state index is 0.251. The highest BCUT2D eigenvalue weighted by molar-refractivity contribution is 4.76. The van der Waals surface area contributed by atoms with Crippen LogP contribution in [-0.2, 0) is 0 Å². The minimum absolute atomic E-state index is 0.251. The first-order valence-corrected chi connectivity index (χ1v) is 5.88. The summed E-state index contributed by atoms with van der Waals surface area (Å²) in [6, 6.07) is 0.799. The molecule has 0 aliphatic heterocycles. The average Bonchev–Trinajstić information content (AvgIpc) is 2.10. The Morgan fingerprint density at radius 1 is 1.14 bits per heavy atom. The zero-order valence-corrected chi connectivity index (χ0v) is 10.4. The fourth-order valence-corrected chi connectivity index (χ4v) is 1.85. The van der Waals surface area contributed by atoms with Gasteiger partial charge in [0.25, 0.3) is 0 Å². The van der Waals surface area contributed by atoms with Crippen molar-refractivity contribution in [3.05, 3.63) is 0 Å². The normalized spacial score (nSPS) is 16.3. The van der Waals surface area contributed by atoms with E-state index in [4.69, 9.17) is 0 Å². The number of hydrogen-bond acceptors (Lipinski definition) is 2. The predicted octanol–water partition coefficient (Wildman–Crippen LogP) is 2.42.